The maximum atomic E-state index is 12.7. The van der Waals surface area contributed by atoms with Gasteiger partial charge in [-0.05, 0) is 46.0 Å². The highest BCUT2D eigenvalue weighted by Crippen LogP contribution is 2.28. The zero-order valence-electron chi connectivity index (χ0n) is 13.6. The molecule has 0 saturated heterocycles. The fourth-order valence-corrected chi connectivity index (χ4v) is 2.33. The summed E-state index contributed by atoms with van der Waals surface area (Å²) in [5, 5.41) is 0. The normalized spacial score (nSPS) is 19.3. The molecule has 0 aromatic heterocycles. The van der Waals surface area contributed by atoms with Crippen molar-refractivity contribution in [3.63, 3.8) is 0 Å². The summed E-state index contributed by atoms with van der Waals surface area (Å²) in [6.07, 6.45) is 4.30. The van der Waals surface area contributed by atoms with E-state index >= 15 is 0 Å². The van der Waals surface area contributed by atoms with Crippen molar-refractivity contribution in [2.75, 3.05) is 6.61 Å². The molecule has 0 aromatic carbocycles. The SMILES string of the molecule is CCC(C)(COC(=O)CC(C)(F)F)C(=O)OC1CCCCC1. The Morgan fingerprint density at radius 3 is 2.23 bits per heavy atom. The second-order valence-corrected chi connectivity index (χ2v) is 6.49. The van der Waals surface area contributed by atoms with Gasteiger partial charge in [0.2, 0.25) is 0 Å². The van der Waals surface area contributed by atoms with Crippen LogP contribution in [0.2, 0.25) is 0 Å². The van der Waals surface area contributed by atoms with Crippen LogP contribution in [0.4, 0.5) is 8.78 Å². The number of rotatable bonds is 7. The van der Waals surface area contributed by atoms with Gasteiger partial charge in [0.15, 0.2) is 0 Å². The maximum Gasteiger partial charge on any atom is 0.315 e. The monoisotopic (exact) mass is 320 g/mol. The third kappa shape index (κ3) is 6.28. The topological polar surface area (TPSA) is 52.6 Å². The lowest BCUT2D eigenvalue weighted by atomic mass is 9.88. The van der Waals surface area contributed by atoms with Crippen molar-refractivity contribution in [2.45, 2.75) is 77.7 Å². The Morgan fingerprint density at radius 1 is 1.14 bits per heavy atom. The van der Waals surface area contributed by atoms with Crippen molar-refractivity contribution >= 4 is 11.9 Å². The van der Waals surface area contributed by atoms with E-state index in [1.807, 2.05) is 0 Å². The molecule has 1 aliphatic carbocycles. The molecule has 0 N–H and O–H groups in total. The molecule has 0 aliphatic heterocycles. The quantitative estimate of drug-likeness (QED) is 0.668. The Hall–Kier alpha value is -1.20. The van der Waals surface area contributed by atoms with Crippen LogP contribution in [-0.4, -0.2) is 30.6 Å². The highest BCUT2D eigenvalue weighted by molar-refractivity contribution is 5.77. The van der Waals surface area contributed by atoms with Gasteiger partial charge >= 0.3 is 11.9 Å². The average molecular weight is 320 g/mol. The highest BCUT2D eigenvalue weighted by atomic mass is 19.3. The van der Waals surface area contributed by atoms with Crippen molar-refractivity contribution in [1.82, 2.24) is 0 Å². The zero-order chi connectivity index (χ0) is 16.8. The lowest BCUT2D eigenvalue weighted by Gasteiger charge is -2.30. The van der Waals surface area contributed by atoms with E-state index in [4.69, 9.17) is 9.47 Å². The summed E-state index contributed by atoms with van der Waals surface area (Å²) in [6.45, 7) is 3.84. The molecular weight excluding hydrogens is 294 g/mol. The molecule has 1 atom stereocenters. The summed E-state index contributed by atoms with van der Waals surface area (Å²) >= 11 is 0. The van der Waals surface area contributed by atoms with Gasteiger partial charge in [-0.15, -0.1) is 0 Å². The van der Waals surface area contributed by atoms with E-state index in [1.54, 1.807) is 13.8 Å². The number of alkyl halides is 2. The van der Waals surface area contributed by atoms with Gasteiger partial charge in [-0.25, -0.2) is 8.78 Å². The average Bonchev–Trinajstić information content (AvgIpc) is 2.44. The number of esters is 2. The van der Waals surface area contributed by atoms with E-state index in [-0.39, 0.29) is 12.7 Å². The largest absolute Gasteiger partial charge is 0.464 e. The first-order chi connectivity index (χ1) is 10.2. The third-order valence-corrected chi connectivity index (χ3v) is 4.11. The molecule has 4 nitrogen and oxygen atoms in total. The first-order valence-corrected chi connectivity index (χ1v) is 7.91. The Kier molecular flexibility index (Phi) is 6.75. The molecule has 1 unspecified atom stereocenters. The van der Waals surface area contributed by atoms with Crippen LogP contribution in [0.25, 0.3) is 0 Å². The van der Waals surface area contributed by atoms with Crippen LogP contribution in [0, 0.1) is 5.41 Å². The van der Waals surface area contributed by atoms with Crippen LogP contribution in [0.15, 0.2) is 0 Å². The second kappa shape index (κ2) is 7.88. The summed E-state index contributed by atoms with van der Waals surface area (Å²) in [7, 11) is 0. The summed E-state index contributed by atoms with van der Waals surface area (Å²) in [5.74, 6) is -4.53. The van der Waals surface area contributed by atoms with Gasteiger partial charge in [-0.3, -0.25) is 9.59 Å². The zero-order valence-corrected chi connectivity index (χ0v) is 13.6. The molecule has 0 heterocycles. The summed E-state index contributed by atoms with van der Waals surface area (Å²) in [6, 6.07) is 0. The number of ether oxygens (including phenoxy) is 2. The Morgan fingerprint density at radius 2 is 1.73 bits per heavy atom. The molecule has 1 saturated carbocycles. The first-order valence-electron chi connectivity index (χ1n) is 7.91. The molecule has 1 fully saturated rings. The van der Waals surface area contributed by atoms with Gasteiger partial charge in [-0.2, -0.15) is 0 Å². The molecule has 0 spiro atoms. The molecule has 6 heteroatoms. The van der Waals surface area contributed by atoms with E-state index < -0.39 is 29.7 Å². The van der Waals surface area contributed by atoms with E-state index in [0.29, 0.717) is 13.3 Å². The number of carbonyl (C=O) groups is 2. The fraction of sp³-hybridized carbons (Fsp3) is 0.875. The standard InChI is InChI=1S/C16H26F2O4/c1-4-15(2,11-21-13(19)10-16(3,17)18)14(20)22-12-8-6-5-7-9-12/h12H,4-11H2,1-3H3. The predicted octanol–water partition coefficient (Wildman–Crippen LogP) is 3.87. The Bertz CT molecular complexity index is 386. The van der Waals surface area contributed by atoms with Crippen molar-refractivity contribution in [1.29, 1.82) is 0 Å². The third-order valence-electron chi connectivity index (χ3n) is 4.11. The van der Waals surface area contributed by atoms with Crippen molar-refractivity contribution < 1.29 is 27.8 Å². The van der Waals surface area contributed by atoms with Crippen molar-refractivity contribution in [2.24, 2.45) is 5.41 Å². The predicted molar refractivity (Wildman–Crippen MR) is 77.6 cm³/mol. The molecule has 0 bridgehead atoms. The fourth-order valence-electron chi connectivity index (χ4n) is 2.33. The molecule has 1 aliphatic rings. The van der Waals surface area contributed by atoms with Gasteiger partial charge in [0.25, 0.3) is 5.92 Å². The Balaban J connectivity index is 2.51. The smallest absolute Gasteiger partial charge is 0.315 e. The van der Waals surface area contributed by atoms with Gasteiger partial charge < -0.3 is 9.47 Å². The molecule has 128 valence electrons. The van der Waals surface area contributed by atoms with Gasteiger partial charge in [0.1, 0.15) is 19.1 Å². The molecule has 22 heavy (non-hydrogen) atoms. The summed E-state index contributed by atoms with van der Waals surface area (Å²) < 4.78 is 35.9. The second-order valence-electron chi connectivity index (χ2n) is 6.49. The van der Waals surface area contributed by atoms with Crippen LogP contribution in [-0.2, 0) is 19.1 Å². The minimum absolute atomic E-state index is 0.0807. The van der Waals surface area contributed by atoms with Crippen LogP contribution < -0.4 is 0 Å². The molecule has 0 radical (unpaired) electrons. The van der Waals surface area contributed by atoms with E-state index in [9.17, 15) is 18.4 Å². The van der Waals surface area contributed by atoms with Crippen LogP contribution >= 0.6 is 0 Å². The van der Waals surface area contributed by atoms with Crippen LogP contribution in [0.5, 0.6) is 0 Å². The molecule has 0 amide bonds. The van der Waals surface area contributed by atoms with Gasteiger partial charge in [-0.1, -0.05) is 13.3 Å². The molecule has 0 aromatic rings. The lowest BCUT2D eigenvalue weighted by Crippen LogP contribution is -2.38. The number of carbonyl (C=O) groups excluding carboxylic acids is 2. The summed E-state index contributed by atoms with van der Waals surface area (Å²) in [5.41, 5.74) is -0.990. The van der Waals surface area contributed by atoms with Crippen molar-refractivity contribution in [3.8, 4) is 0 Å². The number of hydrogen-bond donors (Lipinski definition) is 0. The number of halogens is 2. The lowest BCUT2D eigenvalue weighted by molar-refractivity contribution is -0.170. The minimum Gasteiger partial charge on any atom is -0.464 e. The van der Waals surface area contributed by atoms with Gasteiger partial charge in [0, 0.05) is 0 Å². The molecule has 1 rings (SSSR count). The van der Waals surface area contributed by atoms with Gasteiger partial charge in [0.05, 0.1) is 5.41 Å². The minimum atomic E-state index is -3.11. The number of hydrogen-bond acceptors (Lipinski definition) is 4. The van der Waals surface area contributed by atoms with Crippen LogP contribution in [0.3, 0.4) is 0 Å². The van der Waals surface area contributed by atoms with E-state index in [1.165, 1.54) is 0 Å². The van der Waals surface area contributed by atoms with Crippen LogP contribution in [0.1, 0.15) is 65.7 Å². The first kappa shape index (κ1) is 18.8. The van der Waals surface area contributed by atoms with E-state index in [0.717, 1.165) is 32.1 Å². The van der Waals surface area contributed by atoms with E-state index in [2.05, 4.69) is 0 Å². The van der Waals surface area contributed by atoms with Crippen molar-refractivity contribution in [3.05, 3.63) is 0 Å². The molecular formula is C16H26F2O4. The Labute approximate surface area is 130 Å². The maximum absolute atomic E-state index is 12.7. The highest BCUT2D eigenvalue weighted by Gasteiger charge is 2.37. The summed E-state index contributed by atoms with van der Waals surface area (Å²) in [4.78, 5) is 23.7.